The van der Waals surface area contributed by atoms with E-state index < -0.39 is 10.0 Å². The summed E-state index contributed by atoms with van der Waals surface area (Å²) in [6.45, 7) is 2.34. The minimum absolute atomic E-state index is 0.0406. The van der Waals surface area contributed by atoms with Crippen molar-refractivity contribution in [1.82, 2.24) is 4.98 Å². The number of hydrogen-bond acceptors (Lipinski definition) is 4. The number of hydrogen-bond donors (Lipinski definition) is 1. The summed E-state index contributed by atoms with van der Waals surface area (Å²) in [6, 6.07) is 3.55. The normalized spacial score (nSPS) is 13.3. The Balaban J connectivity index is 2.50. The van der Waals surface area contributed by atoms with Crippen LogP contribution in [0.1, 0.15) is 19.8 Å². The van der Waals surface area contributed by atoms with Gasteiger partial charge in [-0.05, 0) is 18.6 Å². The van der Waals surface area contributed by atoms with Gasteiger partial charge in [0.15, 0.2) is 0 Å². The van der Waals surface area contributed by atoms with Gasteiger partial charge in [-0.25, -0.2) is 13.6 Å². The molecule has 1 rings (SSSR count). The molecule has 0 saturated carbocycles. The molecule has 0 aliphatic rings. The number of nitrogens with zero attached hydrogens (tertiary/aromatic N) is 1. The number of pyridine rings is 1. The van der Waals surface area contributed by atoms with Gasteiger partial charge < -0.3 is 4.74 Å². The maximum atomic E-state index is 11.0. The van der Waals surface area contributed by atoms with E-state index in [4.69, 9.17) is 9.88 Å². The summed E-state index contributed by atoms with van der Waals surface area (Å²) in [7, 11) is -3.45. The second-order valence-electron chi connectivity index (χ2n) is 3.98. The topological polar surface area (TPSA) is 82.3 Å². The molecule has 0 amide bonds. The van der Waals surface area contributed by atoms with E-state index in [0.29, 0.717) is 12.4 Å². The maximum Gasteiger partial charge on any atom is 0.209 e. The first-order valence-corrected chi connectivity index (χ1v) is 7.26. The molecule has 96 valence electrons. The molecule has 0 aliphatic heterocycles. The van der Waals surface area contributed by atoms with Gasteiger partial charge in [0.25, 0.3) is 0 Å². The number of primary sulfonamides is 1. The molecule has 1 aromatic heterocycles. The summed E-state index contributed by atoms with van der Waals surface area (Å²) in [6.07, 6.45) is 4.92. The van der Waals surface area contributed by atoms with Crippen LogP contribution in [0.15, 0.2) is 24.5 Å². The second kappa shape index (κ2) is 6.56. The Hall–Kier alpha value is -1.14. The lowest BCUT2D eigenvalue weighted by Crippen LogP contribution is -2.26. The van der Waals surface area contributed by atoms with Crippen molar-refractivity contribution in [2.75, 3.05) is 12.4 Å². The van der Waals surface area contributed by atoms with E-state index >= 15 is 0 Å². The van der Waals surface area contributed by atoms with Crippen molar-refractivity contribution in [3.8, 4) is 5.75 Å². The molecule has 0 radical (unpaired) electrons. The molecular weight excluding hydrogens is 240 g/mol. The van der Waals surface area contributed by atoms with Crippen molar-refractivity contribution < 1.29 is 13.2 Å². The van der Waals surface area contributed by atoms with Crippen molar-refractivity contribution in [2.24, 2.45) is 11.1 Å². The Morgan fingerprint density at radius 3 is 2.82 bits per heavy atom. The van der Waals surface area contributed by atoms with E-state index in [-0.39, 0.29) is 11.7 Å². The van der Waals surface area contributed by atoms with E-state index in [1.807, 2.05) is 6.92 Å². The van der Waals surface area contributed by atoms with Gasteiger partial charge in [0, 0.05) is 12.1 Å². The van der Waals surface area contributed by atoms with Gasteiger partial charge in [-0.15, -0.1) is 0 Å². The SMILES string of the molecule is CCCC(COc1cccnc1)CS(N)(=O)=O. The van der Waals surface area contributed by atoms with E-state index in [0.717, 1.165) is 12.8 Å². The molecule has 0 fully saturated rings. The van der Waals surface area contributed by atoms with Crippen molar-refractivity contribution in [2.45, 2.75) is 19.8 Å². The van der Waals surface area contributed by atoms with Crippen LogP contribution in [-0.4, -0.2) is 25.8 Å². The van der Waals surface area contributed by atoms with Crippen LogP contribution in [-0.2, 0) is 10.0 Å². The molecule has 0 saturated heterocycles. The predicted molar refractivity (Wildman–Crippen MR) is 66.1 cm³/mol. The van der Waals surface area contributed by atoms with E-state index in [1.165, 1.54) is 0 Å². The first-order valence-electron chi connectivity index (χ1n) is 5.54. The molecule has 0 aromatic carbocycles. The van der Waals surface area contributed by atoms with Crippen LogP contribution in [0.2, 0.25) is 0 Å². The van der Waals surface area contributed by atoms with Crippen LogP contribution >= 0.6 is 0 Å². The fraction of sp³-hybridized carbons (Fsp3) is 0.545. The maximum absolute atomic E-state index is 11.0. The molecule has 1 aromatic rings. The van der Waals surface area contributed by atoms with Crippen molar-refractivity contribution in [3.05, 3.63) is 24.5 Å². The molecule has 0 aliphatic carbocycles. The molecule has 2 N–H and O–H groups in total. The first-order chi connectivity index (χ1) is 8.01. The number of sulfonamides is 1. The van der Waals surface area contributed by atoms with E-state index in [2.05, 4.69) is 4.98 Å². The molecule has 0 bridgehead atoms. The Morgan fingerprint density at radius 1 is 1.53 bits per heavy atom. The average molecular weight is 258 g/mol. The zero-order chi connectivity index (χ0) is 12.7. The fourth-order valence-electron chi connectivity index (χ4n) is 1.60. The van der Waals surface area contributed by atoms with Gasteiger partial charge in [0.1, 0.15) is 5.75 Å². The monoisotopic (exact) mass is 258 g/mol. The molecule has 0 spiro atoms. The smallest absolute Gasteiger partial charge is 0.209 e. The highest BCUT2D eigenvalue weighted by Gasteiger charge is 2.15. The van der Waals surface area contributed by atoms with Crippen LogP contribution in [0.4, 0.5) is 0 Å². The lowest BCUT2D eigenvalue weighted by atomic mass is 10.1. The van der Waals surface area contributed by atoms with Gasteiger partial charge in [0.05, 0.1) is 18.6 Å². The summed E-state index contributed by atoms with van der Waals surface area (Å²) >= 11 is 0. The zero-order valence-corrected chi connectivity index (χ0v) is 10.7. The number of aromatic nitrogens is 1. The van der Waals surface area contributed by atoms with Crippen molar-refractivity contribution in [1.29, 1.82) is 0 Å². The third kappa shape index (κ3) is 6.23. The molecule has 1 heterocycles. The molecule has 5 nitrogen and oxygen atoms in total. The minimum Gasteiger partial charge on any atom is -0.492 e. The number of ether oxygens (including phenoxy) is 1. The Morgan fingerprint density at radius 2 is 2.29 bits per heavy atom. The Kier molecular flexibility index (Phi) is 5.37. The number of nitrogens with two attached hydrogens (primary N) is 1. The summed E-state index contributed by atoms with van der Waals surface area (Å²) in [5.41, 5.74) is 0. The Bertz CT molecular complexity index is 420. The molecule has 1 atom stereocenters. The van der Waals surface area contributed by atoms with Gasteiger partial charge >= 0.3 is 0 Å². The molecule has 6 heteroatoms. The molecule has 17 heavy (non-hydrogen) atoms. The van der Waals surface area contributed by atoms with Crippen molar-refractivity contribution >= 4 is 10.0 Å². The third-order valence-corrected chi connectivity index (χ3v) is 3.22. The van der Waals surface area contributed by atoms with Gasteiger partial charge in [0.2, 0.25) is 10.0 Å². The third-order valence-electron chi connectivity index (χ3n) is 2.29. The van der Waals surface area contributed by atoms with Crippen LogP contribution in [0.25, 0.3) is 0 Å². The standard InChI is InChI=1S/C11H18N2O3S/c1-2-4-10(9-17(12,14)15)8-16-11-5-3-6-13-7-11/h3,5-7,10H,2,4,8-9H2,1H3,(H2,12,14,15). The average Bonchev–Trinajstić information content (AvgIpc) is 2.26. The largest absolute Gasteiger partial charge is 0.492 e. The first kappa shape index (κ1) is 13.9. The van der Waals surface area contributed by atoms with E-state index in [9.17, 15) is 8.42 Å². The lowest BCUT2D eigenvalue weighted by molar-refractivity contribution is 0.252. The van der Waals surface area contributed by atoms with Crippen LogP contribution in [0, 0.1) is 5.92 Å². The highest BCUT2D eigenvalue weighted by molar-refractivity contribution is 7.89. The zero-order valence-electron chi connectivity index (χ0n) is 9.87. The number of rotatable bonds is 7. The fourth-order valence-corrected chi connectivity index (χ4v) is 2.52. The summed E-state index contributed by atoms with van der Waals surface area (Å²) in [5, 5.41) is 5.04. The highest BCUT2D eigenvalue weighted by atomic mass is 32.2. The van der Waals surface area contributed by atoms with Gasteiger partial charge in [-0.2, -0.15) is 0 Å². The minimum atomic E-state index is -3.45. The van der Waals surface area contributed by atoms with Gasteiger partial charge in [-0.3, -0.25) is 4.98 Å². The van der Waals surface area contributed by atoms with Crippen LogP contribution < -0.4 is 9.88 Å². The lowest BCUT2D eigenvalue weighted by Gasteiger charge is -2.15. The second-order valence-corrected chi connectivity index (χ2v) is 5.64. The summed E-state index contributed by atoms with van der Waals surface area (Å²) in [5.74, 6) is 0.527. The summed E-state index contributed by atoms with van der Waals surface area (Å²) in [4.78, 5) is 3.92. The van der Waals surface area contributed by atoms with E-state index in [1.54, 1.807) is 24.5 Å². The Labute approximate surface area is 102 Å². The highest BCUT2D eigenvalue weighted by Crippen LogP contribution is 2.13. The summed E-state index contributed by atoms with van der Waals surface area (Å²) < 4.78 is 27.6. The van der Waals surface area contributed by atoms with Gasteiger partial charge in [-0.1, -0.05) is 13.3 Å². The molecule has 1 unspecified atom stereocenters. The quantitative estimate of drug-likeness (QED) is 0.795. The van der Waals surface area contributed by atoms with Crippen molar-refractivity contribution in [3.63, 3.8) is 0 Å². The van der Waals surface area contributed by atoms with Crippen LogP contribution in [0.3, 0.4) is 0 Å². The van der Waals surface area contributed by atoms with Crippen LogP contribution in [0.5, 0.6) is 5.75 Å². The predicted octanol–water partition coefficient (Wildman–Crippen LogP) is 1.17. The molecular formula is C11H18N2O3S.